The molecule has 0 saturated carbocycles. The van der Waals surface area contributed by atoms with Crippen molar-refractivity contribution in [3.8, 4) is 0 Å². The van der Waals surface area contributed by atoms with Gasteiger partial charge in [-0.25, -0.2) is 4.39 Å². The van der Waals surface area contributed by atoms with Crippen molar-refractivity contribution >= 4 is 21.6 Å². The second-order valence-corrected chi connectivity index (χ2v) is 3.92. The number of hydrogen-bond acceptors (Lipinski definition) is 2. The Morgan fingerprint density at radius 1 is 1.46 bits per heavy atom. The SMILES string of the molecule is Fc1ccc(Br)cc1NC1COC1. The molecule has 0 aromatic heterocycles. The van der Waals surface area contributed by atoms with Crippen LogP contribution in [-0.2, 0) is 4.74 Å². The molecule has 1 aromatic carbocycles. The summed E-state index contributed by atoms with van der Waals surface area (Å²) >= 11 is 3.29. The van der Waals surface area contributed by atoms with Gasteiger partial charge in [0, 0.05) is 4.47 Å². The number of benzene rings is 1. The van der Waals surface area contributed by atoms with Gasteiger partial charge in [0.15, 0.2) is 0 Å². The summed E-state index contributed by atoms with van der Waals surface area (Å²) in [7, 11) is 0. The summed E-state index contributed by atoms with van der Waals surface area (Å²) in [5, 5.41) is 3.06. The highest BCUT2D eigenvalue weighted by Crippen LogP contribution is 2.21. The first-order chi connectivity index (χ1) is 6.25. The fourth-order valence-electron chi connectivity index (χ4n) is 1.15. The molecule has 13 heavy (non-hydrogen) atoms. The summed E-state index contributed by atoms with van der Waals surface area (Å²) < 4.78 is 19.0. The molecule has 0 bridgehead atoms. The zero-order valence-corrected chi connectivity index (χ0v) is 8.47. The molecule has 0 radical (unpaired) electrons. The number of ether oxygens (including phenoxy) is 1. The van der Waals surface area contributed by atoms with Crippen molar-refractivity contribution in [3.63, 3.8) is 0 Å². The molecule has 0 amide bonds. The maximum Gasteiger partial charge on any atom is 0.146 e. The van der Waals surface area contributed by atoms with Crippen molar-refractivity contribution in [2.24, 2.45) is 0 Å². The molecule has 1 saturated heterocycles. The standard InChI is InChI=1S/C9H9BrFNO/c10-6-1-2-8(11)9(3-6)12-7-4-13-5-7/h1-3,7,12H,4-5H2. The highest BCUT2D eigenvalue weighted by Gasteiger charge is 2.18. The van der Waals surface area contributed by atoms with Crippen LogP contribution in [0, 0.1) is 5.82 Å². The Kier molecular flexibility index (Phi) is 2.51. The van der Waals surface area contributed by atoms with E-state index in [9.17, 15) is 4.39 Å². The van der Waals surface area contributed by atoms with E-state index >= 15 is 0 Å². The molecule has 1 aromatic rings. The Labute approximate surface area is 84.2 Å². The maximum absolute atomic E-state index is 13.2. The Hall–Kier alpha value is -0.610. The lowest BCUT2D eigenvalue weighted by molar-refractivity contribution is 0.0210. The molecular formula is C9H9BrFNO. The third-order valence-electron chi connectivity index (χ3n) is 1.93. The fourth-order valence-corrected chi connectivity index (χ4v) is 1.51. The smallest absolute Gasteiger partial charge is 0.146 e. The normalized spacial score (nSPS) is 16.8. The molecule has 0 spiro atoms. The molecule has 1 aliphatic rings. The summed E-state index contributed by atoms with van der Waals surface area (Å²) in [5.74, 6) is -0.227. The minimum atomic E-state index is -0.227. The van der Waals surface area contributed by atoms with Gasteiger partial charge in [-0.3, -0.25) is 0 Å². The molecule has 2 nitrogen and oxygen atoms in total. The van der Waals surface area contributed by atoms with E-state index in [4.69, 9.17) is 4.74 Å². The zero-order valence-electron chi connectivity index (χ0n) is 6.89. The second kappa shape index (κ2) is 3.64. The van der Waals surface area contributed by atoms with Gasteiger partial charge in [-0.2, -0.15) is 0 Å². The quantitative estimate of drug-likeness (QED) is 0.865. The van der Waals surface area contributed by atoms with Crippen LogP contribution in [0.15, 0.2) is 22.7 Å². The number of rotatable bonds is 2. The van der Waals surface area contributed by atoms with Gasteiger partial charge in [-0.15, -0.1) is 0 Å². The van der Waals surface area contributed by atoms with Crippen LogP contribution < -0.4 is 5.32 Å². The first-order valence-corrected chi connectivity index (χ1v) is 4.84. The predicted octanol–water partition coefficient (Wildman–Crippen LogP) is 2.40. The Morgan fingerprint density at radius 2 is 2.23 bits per heavy atom. The Morgan fingerprint density at radius 3 is 2.85 bits per heavy atom. The Balaban J connectivity index is 2.13. The van der Waals surface area contributed by atoms with E-state index < -0.39 is 0 Å². The van der Waals surface area contributed by atoms with E-state index in [1.54, 1.807) is 12.1 Å². The van der Waals surface area contributed by atoms with Gasteiger partial charge < -0.3 is 10.1 Å². The summed E-state index contributed by atoms with van der Waals surface area (Å²) in [6.07, 6.45) is 0. The lowest BCUT2D eigenvalue weighted by Gasteiger charge is -2.28. The van der Waals surface area contributed by atoms with E-state index in [1.165, 1.54) is 6.07 Å². The summed E-state index contributed by atoms with van der Waals surface area (Å²) in [6.45, 7) is 1.32. The van der Waals surface area contributed by atoms with Crippen molar-refractivity contribution in [1.82, 2.24) is 0 Å². The number of anilines is 1. The van der Waals surface area contributed by atoms with E-state index in [0.29, 0.717) is 18.9 Å². The first-order valence-electron chi connectivity index (χ1n) is 4.05. The molecule has 0 atom stereocenters. The molecule has 1 N–H and O–H groups in total. The predicted molar refractivity (Wildman–Crippen MR) is 52.3 cm³/mol. The Bertz CT molecular complexity index is 314. The van der Waals surface area contributed by atoms with Crippen LogP contribution in [0.4, 0.5) is 10.1 Å². The molecule has 2 rings (SSSR count). The molecule has 0 unspecified atom stereocenters. The summed E-state index contributed by atoms with van der Waals surface area (Å²) in [5.41, 5.74) is 0.530. The van der Waals surface area contributed by atoms with Gasteiger partial charge in [0.1, 0.15) is 5.82 Å². The minimum Gasteiger partial charge on any atom is -0.377 e. The van der Waals surface area contributed by atoms with E-state index in [-0.39, 0.29) is 11.9 Å². The monoisotopic (exact) mass is 245 g/mol. The minimum absolute atomic E-state index is 0.227. The van der Waals surface area contributed by atoms with E-state index in [1.807, 2.05) is 0 Å². The molecule has 1 aliphatic heterocycles. The van der Waals surface area contributed by atoms with Crippen molar-refractivity contribution in [3.05, 3.63) is 28.5 Å². The van der Waals surface area contributed by atoms with Crippen molar-refractivity contribution in [2.75, 3.05) is 18.5 Å². The van der Waals surface area contributed by atoms with E-state index in [0.717, 1.165) is 4.47 Å². The lowest BCUT2D eigenvalue weighted by atomic mass is 10.2. The van der Waals surface area contributed by atoms with Gasteiger partial charge in [-0.1, -0.05) is 15.9 Å². The van der Waals surface area contributed by atoms with Crippen molar-refractivity contribution in [2.45, 2.75) is 6.04 Å². The summed E-state index contributed by atoms with van der Waals surface area (Å²) in [6, 6.07) is 5.10. The molecule has 0 aliphatic carbocycles. The van der Waals surface area contributed by atoms with Crippen LogP contribution in [0.5, 0.6) is 0 Å². The van der Waals surface area contributed by atoms with Gasteiger partial charge in [-0.05, 0) is 18.2 Å². The second-order valence-electron chi connectivity index (χ2n) is 3.00. The van der Waals surface area contributed by atoms with Crippen LogP contribution in [0.3, 0.4) is 0 Å². The third-order valence-corrected chi connectivity index (χ3v) is 2.42. The number of halogens is 2. The van der Waals surface area contributed by atoms with E-state index in [2.05, 4.69) is 21.2 Å². The van der Waals surface area contributed by atoms with Crippen LogP contribution >= 0.6 is 15.9 Å². The highest BCUT2D eigenvalue weighted by atomic mass is 79.9. The summed E-state index contributed by atoms with van der Waals surface area (Å²) in [4.78, 5) is 0. The molecule has 70 valence electrons. The van der Waals surface area contributed by atoms with Crippen LogP contribution in [0.25, 0.3) is 0 Å². The van der Waals surface area contributed by atoms with Gasteiger partial charge >= 0.3 is 0 Å². The van der Waals surface area contributed by atoms with Crippen LogP contribution in [0.1, 0.15) is 0 Å². The van der Waals surface area contributed by atoms with Crippen molar-refractivity contribution in [1.29, 1.82) is 0 Å². The molecule has 4 heteroatoms. The lowest BCUT2D eigenvalue weighted by Crippen LogP contribution is -2.40. The van der Waals surface area contributed by atoms with Crippen LogP contribution in [0.2, 0.25) is 0 Å². The van der Waals surface area contributed by atoms with Crippen molar-refractivity contribution < 1.29 is 9.13 Å². The molecular weight excluding hydrogens is 237 g/mol. The number of nitrogens with one attached hydrogen (secondary N) is 1. The topological polar surface area (TPSA) is 21.3 Å². The number of hydrogen-bond donors (Lipinski definition) is 1. The van der Waals surface area contributed by atoms with Gasteiger partial charge in [0.25, 0.3) is 0 Å². The average molecular weight is 246 g/mol. The van der Waals surface area contributed by atoms with Crippen LogP contribution in [-0.4, -0.2) is 19.3 Å². The van der Waals surface area contributed by atoms with Gasteiger partial charge in [0.05, 0.1) is 24.9 Å². The maximum atomic E-state index is 13.2. The molecule has 1 fully saturated rings. The van der Waals surface area contributed by atoms with Gasteiger partial charge in [0.2, 0.25) is 0 Å². The fraction of sp³-hybridized carbons (Fsp3) is 0.333. The third kappa shape index (κ3) is 2.00. The largest absolute Gasteiger partial charge is 0.377 e. The first kappa shape index (κ1) is 8.97. The molecule has 1 heterocycles. The zero-order chi connectivity index (χ0) is 9.26. The highest BCUT2D eigenvalue weighted by molar-refractivity contribution is 9.10. The average Bonchev–Trinajstić information content (AvgIpc) is 2.03.